The van der Waals surface area contributed by atoms with E-state index in [9.17, 15) is 9.18 Å². The van der Waals surface area contributed by atoms with Crippen molar-refractivity contribution in [1.82, 2.24) is 5.32 Å². The number of oxime groups is 1. The largest absolute Gasteiger partial charge is 0.493 e. The average Bonchev–Trinajstić information content (AvgIpc) is 3.51. The lowest BCUT2D eigenvalue weighted by atomic mass is 9.78. The quantitative estimate of drug-likeness (QED) is 0.620. The Balaban J connectivity index is 1.20. The summed E-state index contributed by atoms with van der Waals surface area (Å²) >= 11 is 0. The van der Waals surface area contributed by atoms with Crippen molar-refractivity contribution in [3.05, 3.63) is 59.4 Å². The minimum absolute atomic E-state index is 0.00205. The van der Waals surface area contributed by atoms with Crippen molar-refractivity contribution >= 4 is 11.6 Å². The van der Waals surface area contributed by atoms with Gasteiger partial charge in [0.15, 0.2) is 11.5 Å². The van der Waals surface area contributed by atoms with Crippen LogP contribution in [0, 0.1) is 5.82 Å². The van der Waals surface area contributed by atoms with Crippen LogP contribution in [0.1, 0.15) is 73.7 Å². The summed E-state index contributed by atoms with van der Waals surface area (Å²) in [6.45, 7) is 0. The molecule has 0 aromatic heterocycles. The number of rotatable bonds is 6. The number of nitrogens with zero attached hydrogens (tertiary/aromatic N) is 1. The van der Waals surface area contributed by atoms with E-state index < -0.39 is 5.82 Å². The fraction of sp³-hybridized carbons (Fsp3) is 0.481. The smallest absolute Gasteiger partial charge is 0.254 e. The Morgan fingerprint density at radius 2 is 1.85 bits per heavy atom. The minimum atomic E-state index is -0.500. The summed E-state index contributed by atoms with van der Waals surface area (Å²) in [5.74, 6) is 0.627. The maximum atomic E-state index is 13.9. The van der Waals surface area contributed by atoms with Gasteiger partial charge in [0.25, 0.3) is 5.91 Å². The van der Waals surface area contributed by atoms with Gasteiger partial charge in [0.2, 0.25) is 0 Å². The van der Waals surface area contributed by atoms with Crippen LogP contribution in [0.4, 0.5) is 4.39 Å². The number of hydrogen-bond donors (Lipinski definition) is 1. The van der Waals surface area contributed by atoms with Gasteiger partial charge < -0.3 is 19.6 Å². The van der Waals surface area contributed by atoms with Gasteiger partial charge in [-0.15, -0.1) is 0 Å². The first-order valence-electron chi connectivity index (χ1n) is 12.2. The molecule has 1 N–H and O–H groups in total. The summed E-state index contributed by atoms with van der Waals surface area (Å²) in [4.78, 5) is 18.4. The second kappa shape index (κ2) is 9.65. The van der Waals surface area contributed by atoms with Gasteiger partial charge >= 0.3 is 0 Å². The zero-order chi connectivity index (χ0) is 23.5. The average molecular weight is 467 g/mol. The number of methoxy groups -OCH3 is 1. The number of hydrogen-bond acceptors (Lipinski definition) is 5. The first kappa shape index (κ1) is 22.7. The van der Waals surface area contributed by atoms with Gasteiger partial charge in [0.05, 0.1) is 24.5 Å². The monoisotopic (exact) mass is 466 g/mol. The number of ether oxygens (including phenoxy) is 2. The summed E-state index contributed by atoms with van der Waals surface area (Å²) in [7, 11) is 1.66. The molecule has 2 saturated carbocycles. The van der Waals surface area contributed by atoms with Crippen molar-refractivity contribution in [2.24, 2.45) is 5.16 Å². The molecule has 2 aromatic carbocycles. The zero-order valence-corrected chi connectivity index (χ0v) is 19.5. The number of benzene rings is 2. The van der Waals surface area contributed by atoms with Crippen LogP contribution in [-0.2, 0) is 4.84 Å². The molecule has 6 nitrogen and oxygen atoms in total. The Hall–Kier alpha value is -3.09. The van der Waals surface area contributed by atoms with E-state index >= 15 is 0 Å². The van der Waals surface area contributed by atoms with Gasteiger partial charge in [-0.1, -0.05) is 17.3 Å². The Kier molecular flexibility index (Phi) is 6.44. The third kappa shape index (κ3) is 4.74. The van der Waals surface area contributed by atoms with E-state index in [0.29, 0.717) is 0 Å². The van der Waals surface area contributed by atoms with E-state index in [-0.39, 0.29) is 29.2 Å². The molecule has 7 heteroatoms. The normalized spacial score (nSPS) is 24.5. The van der Waals surface area contributed by atoms with Gasteiger partial charge in [0, 0.05) is 18.0 Å². The molecule has 34 heavy (non-hydrogen) atoms. The number of amides is 1. The molecular weight excluding hydrogens is 435 g/mol. The molecular formula is C27H31FN2O4. The van der Waals surface area contributed by atoms with E-state index in [4.69, 9.17) is 14.3 Å². The zero-order valence-electron chi connectivity index (χ0n) is 19.5. The fourth-order valence-electron chi connectivity index (χ4n) is 5.28. The van der Waals surface area contributed by atoms with Crippen LogP contribution in [0.15, 0.2) is 47.6 Å². The van der Waals surface area contributed by atoms with Crippen LogP contribution < -0.4 is 14.8 Å². The van der Waals surface area contributed by atoms with Crippen molar-refractivity contribution < 1.29 is 23.5 Å². The summed E-state index contributed by atoms with van der Waals surface area (Å²) in [6, 6.07) is 12.0. The van der Waals surface area contributed by atoms with Crippen molar-refractivity contribution in [2.45, 2.75) is 75.5 Å². The fourth-order valence-corrected chi connectivity index (χ4v) is 5.28. The third-order valence-corrected chi connectivity index (χ3v) is 7.28. The van der Waals surface area contributed by atoms with Gasteiger partial charge in [0.1, 0.15) is 11.4 Å². The topological polar surface area (TPSA) is 69.2 Å². The highest BCUT2D eigenvalue weighted by Crippen LogP contribution is 2.41. The molecule has 0 saturated heterocycles. The van der Waals surface area contributed by atoms with Crippen LogP contribution in [0.25, 0.3) is 0 Å². The Morgan fingerprint density at radius 1 is 1.09 bits per heavy atom. The lowest BCUT2D eigenvalue weighted by Crippen LogP contribution is -2.43. The SMILES string of the molecule is COc1ccc(C2=NOC3(CCC(NC(=O)c4ccccc4F)CC3)C2)cc1OC1CCCC1. The molecule has 3 aliphatic rings. The van der Waals surface area contributed by atoms with Crippen molar-refractivity contribution in [3.8, 4) is 11.5 Å². The number of carbonyl (C=O) groups is 1. The molecule has 0 unspecified atom stereocenters. The van der Waals surface area contributed by atoms with E-state index in [1.54, 1.807) is 19.2 Å². The molecule has 0 bridgehead atoms. The van der Waals surface area contributed by atoms with Crippen LogP contribution in [0.3, 0.4) is 0 Å². The van der Waals surface area contributed by atoms with E-state index in [1.165, 1.54) is 25.0 Å². The second-order valence-corrected chi connectivity index (χ2v) is 9.61. The number of halogens is 1. The van der Waals surface area contributed by atoms with Crippen LogP contribution in [-0.4, -0.2) is 36.5 Å². The number of nitrogens with one attached hydrogen (secondary N) is 1. The molecule has 2 aliphatic carbocycles. The molecule has 1 amide bonds. The predicted octanol–water partition coefficient (Wildman–Crippen LogP) is 5.39. The molecule has 2 aromatic rings. The Labute approximate surface area is 199 Å². The van der Waals surface area contributed by atoms with Gasteiger partial charge in [-0.3, -0.25) is 4.79 Å². The molecule has 0 radical (unpaired) electrons. The van der Waals surface area contributed by atoms with Crippen LogP contribution in [0.2, 0.25) is 0 Å². The molecule has 5 rings (SSSR count). The maximum Gasteiger partial charge on any atom is 0.254 e. The van der Waals surface area contributed by atoms with Crippen LogP contribution >= 0.6 is 0 Å². The predicted molar refractivity (Wildman–Crippen MR) is 127 cm³/mol. The van der Waals surface area contributed by atoms with Gasteiger partial charge in [-0.05, 0) is 81.7 Å². The molecule has 1 aliphatic heterocycles. The highest BCUT2D eigenvalue weighted by Gasteiger charge is 2.43. The maximum absolute atomic E-state index is 13.9. The number of carbonyl (C=O) groups excluding carboxylic acids is 1. The summed E-state index contributed by atoms with van der Waals surface area (Å²) in [6.07, 6.45) is 8.62. The lowest BCUT2D eigenvalue weighted by Gasteiger charge is -2.35. The standard InChI is InChI=1S/C27H31FN2O4/c1-32-24-11-10-18(16-25(24)33-20-6-2-3-7-20)23-17-27(34-30-23)14-12-19(13-15-27)29-26(31)21-8-4-5-9-22(21)28/h4-5,8-11,16,19-20H,2-3,6-7,12-15,17H2,1H3,(H,29,31). The summed E-state index contributed by atoms with van der Waals surface area (Å²) in [5.41, 5.74) is 1.63. The lowest BCUT2D eigenvalue weighted by molar-refractivity contribution is -0.0495. The highest BCUT2D eigenvalue weighted by atomic mass is 19.1. The molecule has 1 heterocycles. The highest BCUT2D eigenvalue weighted by molar-refractivity contribution is 6.02. The van der Waals surface area contributed by atoms with Gasteiger partial charge in [-0.2, -0.15) is 0 Å². The summed E-state index contributed by atoms with van der Waals surface area (Å²) in [5, 5.41) is 7.42. The van der Waals surface area contributed by atoms with Crippen molar-refractivity contribution in [2.75, 3.05) is 7.11 Å². The molecule has 0 atom stereocenters. The third-order valence-electron chi connectivity index (χ3n) is 7.28. The first-order chi connectivity index (χ1) is 16.5. The Bertz CT molecular complexity index is 1070. The minimum Gasteiger partial charge on any atom is -0.493 e. The van der Waals surface area contributed by atoms with Crippen LogP contribution in [0.5, 0.6) is 11.5 Å². The molecule has 2 fully saturated rings. The van der Waals surface area contributed by atoms with Crippen molar-refractivity contribution in [3.63, 3.8) is 0 Å². The van der Waals surface area contributed by atoms with Crippen molar-refractivity contribution in [1.29, 1.82) is 0 Å². The van der Waals surface area contributed by atoms with E-state index in [2.05, 4.69) is 10.5 Å². The summed E-state index contributed by atoms with van der Waals surface area (Å²) < 4.78 is 25.7. The van der Waals surface area contributed by atoms with E-state index in [1.807, 2.05) is 18.2 Å². The molecule has 180 valence electrons. The van der Waals surface area contributed by atoms with E-state index in [0.717, 1.165) is 67.7 Å². The molecule has 1 spiro atoms. The first-order valence-corrected chi connectivity index (χ1v) is 12.2. The van der Waals surface area contributed by atoms with Gasteiger partial charge in [-0.25, -0.2) is 4.39 Å². The second-order valence-electron chi connectivity index (χ2n) is 9.61. The Morgan fingerprint density at radius 3 is 2.59 bits per heavy atom.